The van der Waals surface area contributed by atoms with Gasteiger partial charge in [-0.25, -0.2) is 0 Å². The van der Waals surface area contributed by atoms with E-state index in [4.69, 9.17) is 4.74 Å². The maximum absolute atomic E-state index is 12.2. The zero-order valence-electron chi connectivity index (χ0n) is 12.7. The van der Waals surface area contributed by atoms with Gasteiger partial charge in [0.15, 0.2) is 0 Å². The molecule has 3 heteroatoms. The standard InChI is InChI=1S/C18H20O2S/c1-13-4-7-17(8-5-13)21-12-16(19)11-15-10-14(2)6-9-18(15)20-3/h4-10H,11-12H2,1-3H3. The molecule has 2 nitrogen and oxygen atoms in total. The summed E-state index contributed by atoms with van der Waals surface area (Å²) in [4.78, 5) is 13.3. The van der Waals surface area contributed by atoms with Crippen molar-refractivity contribution in [1.82, 2.24) is 0 Å². The lowest BCUT2D eigenvalue weighted by molar-refractivity contribution is -0.116. The van der Waals surface area contributed by atoms with Gasteiger partial charge in [-0.1, -0.05) is 35.4 Å². The van der Waals surface area contributed by atoms with Gasteiger partial charge in [-0.3, -0.25) is 4.79 Å². The fourth-order valence-electron chi connectivity index (χ4n) is 2.11. The highest BCUT2D eigenvalue weighted by Gasteiger charge is 2.09. The lowest BCUT2D eigenvalue weighted by atomic mass is 10.1. The first-order valence-electron chi connectivity index (χ1n) is 6.93. The average Bonchev–Trinajstić information content (AvgIpc) is 2.47. The van der Waals surface area contributed by atoms with E-state index >= 15 is 0 Å². The number of benzene rings is 2. The molecule has 21 heavy (non-hydrogen) atoms. The van der Waals surface area contributed by atoms with E-state index in [0.29, 0.717) is 12.2 Å². The van der Waals surface area contributed by atoms with Crippen molar-refractivity contribution in [2.24, 2.45) is 0 Å². The molecule has 0 N–H and O–H groups in total. The predicted molar refractivity (Wildman–Crippen MR) is 88.3 cm³/mol. The number of Topliss-reactive ketones (excluding diaryl/α,β-unsaturated/α-hetero) is 1. The summed E-state index contributed by atoms with van der Waals surface area (Å²) in [6, 6.07) is 14.2. The molecule has 0 amide bonds. The van der Waals surface area contributed by atoms with E-state index in [9.17, 15) is 4.79 Å². The second-order valence-electron chi connectivity index (χ2n) is 5.13. The molecule has 0 heterocycles. The zero-order chi connectivity index (χ0) is 15.2. The second-order valence-corrected chi connectivity index (χ2v) is 6.18. The van der Waals surface area contributed by atoms with Crippen LogP contribution in [0.1, 0.15) is 16.7 Å². The molecule has 0 bridgehead atoms. The van der Waals surface area contributed by atoms with Gasteiger partial charge in [0.25, 0.3) is 0 Å². The zero-order valence-corrected chi connectivity index (χ0v) is 13.5. The summed E-state index contributed by atoms with van der Waals surface area (Å²) in [5, 5.41) is 0. The summed E-state index contributed by atoms with van der Waals surface area (Å²) < 4.78 is 5.32. The Morgan fingerprint density at radius 2 is 1.71 bits per heavy atom. The van der Waals surface area contributed by atoms with Gasteiger partial charge >= 0.3 is 0 Å². The third-order valence-corrected chi connectivity index (χ3v) is 4.32. The van der Waals surface area contributed by atoms with Crippen LogP contribution in [0.5, 0.6) is 5.75 Å². The van der Waals surface area contributed by atoms with Gasteiger partial charge in [0.2, 0.25) is 0 Å². The number of rotatable bonds is 6. The highest BCUT2D eigenvalue weighted by Crippen LogP contribution is 2.23. The molecule has 0 aliphatic heterocycles. The van der Waals surface area contributed by atoms with E-state index < -0.39 is 0 Å². The van der Waals surface area contributed by atoms with Gasteiger partial charge in [0, 0.05) is 16.9 Å². The quantitative estimate of drug-likeness (QED) is 0.747. The number of methoxy groups -OCH3 is 1. The molecule has 0 spiro atoms. The van der Waals surface area contributed by atoms with Crippen LogP contribution in [0.4, 0.5) is 0 Å². The number of ketones is 1. The first-order chi connectivity index (χ1) is 10.1. The van der Waals surface area contributed by atoms with E-state index in [0.717, 1.165) is 21.8 Å². The van der Waals surface area contributed by atoms with Crippen LogP contribution in [0, 0.1) is 13.8 Å². The highest BCUT2D eigenvalue weighted by atomic mass is 32.2. The van der Waals surface area contributed by atoms with Crippen LogP contribution in [0.25, 0.3) is 0 Å². The molecule has 0 aromatic heterocycles. The van der Waals surface area contributed by atoms with E-state index in [1.165, 1.54) is 5.56 Å². The molecule has 0 fully saturated rings. The minimum absolute atomic E-state index is 0.212. The van der Waals surface area contributed by atoms with Crippen molar-refractivity contribution >= 4 is 17.5 Å². The van der Waals surface area contributed by atoms with Crippen LogP contribution < -0.4 is 4.74 Å². The van der Waals surface area contributed by atoms with E-state index in [1.54, 1.807) is 18.9 Å². The maximum Gasteiger partial charge on any atom is 0.147 e. The van der Waals surface area contributed by atoms with Gasteiger partial charge in [-0.05, 0) is 32.0 Å². The van der Waals surface area contributed by atoms with E-state index in [2.05, 4.69) is 31.2 Å². The summed E-state index contributed by atoms with van der Waals surface area (Å²) in [7, 11) is 1.64. The molecular weight excluding hydrogens is 280 g/mol. The van der Waals surface area contributed by atoms with Crippen LogP contribution in [0.3, 0.4) is 0 Å². The summed E-state index contributed by atoms with van der Waals surface area (Å²) in [5.74, 6) is 1.49. The van der Waals surface area contributed by atoms with Crippen molar-refractivity contribution < 1.29 is 9.53 Å². The lowest BCUT2D eigenvalue weighted by Gasteiger charge is -2.09. The number of carbonyl (C=O) groups is 1. The fraction of sp³-hybridized carbons (Fsp3) is 0.278. The Hall–Kier alpha value is -1.74. The van der Waals surface area contributed by atoms with Crippen molar-refractivity contribution in [2.45, 2.75) is 25.2 Å². The predicted octanol–water partition coefficient (Wildman–Crippen LogP) is 4.22. The molecular formula is C18H20O2S. The monoisotopic (exact) mass is 300 g/mol. The number of ether oxygens (including phenoxy) is 1. The molecule has 0 radical (unpaired) electrons. The molecule has 2 aromatic rings. The topological polar surface area (TPSA) is 26.3 Å². The Bertz CT molecular complexity index is 618. The number of aryl methyl sites for hydroxylation is 2. The van der Waals surface area contributed by atoms with E-state index in [1.807, 2.05) is 25.1 Å². The number of carbonyl (C=O) groups excluding carboxylic acids is 1. The average molecular weight is 300 g/mol. The molecule has 0 unspecified atom stereocenters. The van der Waals surface area contributed by atoms with Crippen molar-refractivity contribution in [2.75, 3.05) is 12.9 Å². The molecule has 110 valence electrons. The number of thioether (sulfide) groups is 1. The number of hydrogen-bond acceptors (Lipinski definition) is 3. The largest absolute Gasteiger partial charge is 0.496 e. The smallest absolute Gasteiger partial charge is 0.147 e. The Morgan fingerprint density at radius 3 is 2.38 bits per heavy atom. The highest BCUT2D eigenvalue weighted by molar-refractivity contribution is 8.00. The summed E-state index contributed by atoms with van der Waals surface area (Å²) in [6.45, 7) is 4.08. The SMILES string of the molecule is COc1ccc(C)cc1CC(=O)CSc1ccc(C)cc1. The van der Waals surface area contributed by atoms with Gasteiger partial charge in [0.05, 0.1) is 12.9 Å². The van der Waals surface area contributed by atoms with Crippen LogP contribution in [0.2, 0.25) is 0 Å². The van der Waals surface area contributed by atoms with Gasteiger partial charge < -0.3 is 4.74 Å². The van der Waals surface area contributed by atoms with Gasteiger partial charge in [-0.2, -0.15) is 0 Å². The Balaban J connectivity index is 1.95. The molecule has 0 saturated heterocycles. The van der Waals surface area contributed by atoms with Crippen molar-refractivity contribution in [3.8, 4) is 5.75 Å². The lowest BCUT2D eigenvalue weighted by Crippen LogP contribution is -2.07. The third-order valence-electron chi connectivity index (χ3n) is 3.24. The van der Waals surface area contributed by atoms with Gasteiger partial charge in [0.1, 0.15) is 11.5 Å². The molecule has 0 saturated carbocycles. The number of hydrogen-bond donors (Lipinski definition) is 0. The fourth-order valence-corrected chi connectivity index (χ4v) is 2.87. The Kier molecular flexibility index (Phi) is 5.45. The summed E-state index contributed by atoms with van der Waals surface area (Å²) >= 11 is 1.58. The van der Waals surface area contributed by atoms with E-state index in [-0.39, 0.29) is 5.78 Å². The van der Waals surface area contributed by atoms with Crippen molar-refractivity contribution in [1.29, 1.82) is 0 Å². The van der Waals surface area contributed by atoms with Crippen LogP contribution in [-0.4, -0.2) is 18.6 Å². The molecule has 0 aliphatic carbocycles. The first-order valence-corrected chi connectivity index (χ1v) is 7.91. The van der Waals surface area contributed by atoms with Gasteiger partial charge in [-0.15, -0.1) is 11.8 Å². The molecule has 0 atom stereocenters. The minimum Gasteiger partial charge on any atom is -0.496 e. The van der Waals surface area contributed by atoms with Crippen LogP contribution >= 0.6 is 11.8 Å². The summed E-state index contributed by atoms with van der Waals surface area (Å²) in [6.07, 6.45) is 0.420. The van der Waals surface area contributed by atoms with Crippen molar-refractivity contribution in [3.05, 3.63) is 59.2 Å². The van der Waals surface area contributed by atoms with Crippen LogP contribution in [-0.2, 0) is 11.2 Å². The molecule has 2 aromatic carbocycles. The Morgan fingerprint density at radius 1 is 1.05 bits per heavy atom. The summed E-state index contributed by atoms with van der Waals surface area (Å²) in [5.41, 5.74) is 3.34. The molecule has 0 aliphatic rings. The van der Waals surface area contributed by atoms with Crippen molar-refractivity contribution in [3.63, 3.8) is 0 Å². The second kappa shape index (κ2) is 7.32. The normalized spacial score (nSPS) is 10.4. The third kappa shape index (κ3) is 4.64. The molecule has 2 rings (SSSR count). The van der Waals surface area contributed by atoms with Crippen LogP contribution in [0.15, 0.2) is 47.4 Å². The first kappa shape index (κ1) is 15.6. The maximum atomic E-state index is 12.2. The minimum atomic E-state index is 0.212. The Labute approximate surface area is 130 Å².